The number of aliphatic carboxylic acids is 1. The molecule has 2 aromatic carbocycles. The number of allylic oxidation sites excluding steroid dienone is 2. The maximum atomic E-state index is 14.8. The van der Waals surface area contributed by atoms with Crippen molar-refractivity contribution in [1.82, 2.24) is 64.3 Å². The van der Waals surface area contributed by atoms with Crippen LogP contribution in [0.25, 0.3) is 44.6 Å². The average molecular weight is 1810 g/mol. The molecule has 2 unspecified atom stereocenters. The van der Waals surface area contributed by atoms with Crippen LogP contribution in [0, 0.1) is 25.7 Å². The molecule has 4 saturated carbocycles. The largest absolute Gasteiger partial charge is 0.496 e. The van der Waals surface area contributed by atoms with Gasteiger partial charge < -0.3 is 75.2 Å². The second-order valence-electron chi connectivity index (χ2n) is 34.3. The number of carbonyl (C=O) groups excluding carboxylic acids is 7. The highest BCUT2D eigenvalue weighted by Gasteiger charge is 2.63. The molecule has 6 fully saturated rings. The van der Waals surface area contributed by atoms with E-state index in [0.29, 0.717) is 94.3 Å². The third-order valence-corrected chi connectivity index (χ3v) is 27.9. The molecule has 0 spiro atoms. The van der Waals surface area contributed by atoms with Gasteiger partial charge in [0.2, 0.25) is 23.6 Å². The second kappa shape index (κ2) is 40.7. The summed E-state index contributed by atoms with van der Waals surface area (Å²) in [4.78, 5) is 134. The summed E-state index contributed by atoms with van der Waals surface area (Å²) in [6, 6.07) is 7.26. The molecular formula is C86H118N16O19S4. The summed E-state index contributed by atoms with van der Waals surface area (Å²) in [6.45, 7) is 12.0. The van der Waals surface area contributed by atoms with E-state index in [-0.39, 0.29) is 69.0 Å². The van der Waals surface area contributed by atoms with Crippen molar-refractivity contribution in [3.8, 4) is 45.8 Å². The normalized spacial score (nSPS) is 25.1. The highest BCUT2D eigenvalue weighted by atomic mass is 32.2. The van der Waals surface area contributed by atoms with Gasteiger partial charge in [0.15, 0.2) is 10.3 Å². The molecule has 14 rings (SSSR count). The molecule has 4 aliphatic carbocycles. The van der Waals surface area contributed by atoms with Gasteiger partial charge in [0.25, 0.3) is 16.1 Å². The molecule has 680 valence electrons. The summed E-state index contributed by atoms with van der Waals surface area (Å²) >= 11 is 2.93. The van der Waals surface area contributed by atoms with Crippen LogP contribution in [0.5, 0.6) is 23.0 Å². The van der Waals surface area contributed by atoms with E-state index >= 15 is 0 Å². The SMILES string of the molecule is CN(C)S(N)(=O)=O.COc1ccc2c(O[C@@H]3C[C@H]4C(=O)N[C@]5(C(=O)NS(=O)(=O)N(C)C)CC5/C=C\CCCCC[C@H](NC(=O)OC5CCCC5)C(=O)N4C3)cc(-c3csc(NC(C)C)n3)nc2c1C.COc1ccc2c(O[C@@H]3C[C@H]4C(=O)N[C@]5(C(=O)O)CC5/C=C\CCCCC[C@H](NC(=O)OC5CCCC5)C(=O)N4C3)cc(-c3csc(NC(C)C)n3)nc2c1C. The van der Waals surface area contributed by atoms with Gasteiger partial charge in [0.05, 0.1) is 49.7 Å². The van der Waals surface area contributed by atoms with Crippen LogP contribution in [0.1, 0.15) is 180 Å². The van der Waals surface area contributed by atoms with Crippen LogP contribution < -0.4 is 60.7 Å². The molecule has 8 aliphatic rings. The van der Waals surface area contributed by atoms with Crippen molar-refractivity contribution in [2.75, 3.05) is 66.1 Å². The maximum absolute atomic E-state index is 14.8. The average Bonchev–Trinajstić information content (AvgIpc) is 1.59. The molecule has 7 amide bonds. The Morgan fingerprint density at radius 1 is 0.552 bits per heavy atom. The Morgan fingerprint density at radius 3 is 1.34 bits per heavy atom. The number of hydrogen-bond donors (Lipinski definition) is 9. The van der Waals surface area contributed by atoms with Crippen LogP contribution in [-0.2, 0) is 58.7 Å². The standard InChI is InChI=1S/C43H58N8O9S2.C41H52N6O8S.C2H8N2O2S/c1-25(2)44-41-46-33(24-61-41)32-21-36(30-18-19-35(58-6)26(3)37(30)45-32)59-29-20-34-38(52)48-43(40(54)49-62(56,57)50(4)5)22-27(43)14-10-8-7-9-11-17-31(39(53)51(34)23-29)47-42(55)60-28-15-12-13-16-28;1-23(2)42-39-44-31(22-56-39)30-19-34(28-16-17-33(53-4)24(3)35(28)43-30)54-27-18-32-36(48)46-41(38(50)51)20-25(41)12-8-6-5-7-9-15-29(37(49)47(32)21-27)45-40(52)55-26-13-10-11-14-26;1-4(2)7(3,5)6/h10,14,18-19,21,24-25,27-29,31,34H,7-9,11-13,15-17,20,22-23H2,1-6H3,(H,44,46)(H,47,55)(H,48,52)(H,49,54);8,12,16-17,19,22-23,25-27,29,32H,5-7,9-11,13-15,18,20-21H2,1-4H3,(H,42,44)(H,45,52)(H,46,48)(H,50,51);1-2H3,(H2,3,5,6)/b14-10-;12-8-;/t27?,29-,31+,34+,43-;25?,27-,29+,32+,41-;/m11./s1. The Balaban J connectivity index is 0.000000212. The van der Waals surface area contributed by atoms with Gasteiger partial charge in [-0.25, -0.2) is 44.2 Å². The number of ether oxygens (including phenoxy) is 6. The summed E-state index contributed by atoms with van der Waals surface area (Å²) in [5, 5.41) is 39.7. The Kier molecular flexibility index (Phi) is 30.6. The van der Waals surface area contributed by atoms with Crippen LogP contribution in [0.15, 0.2) is 71.5 Å². The number of carboxylic acid groups (broad SMARTS) is 1. The Labute approximate surface area is 737 Å². The number of benzene rings is 2. The highest BCUT2D eigenvalue weighted by Crippen LogP contribution is 2.48. The number of nitrogens with two attached hydrogens (primary N) is 1. The van der Waals surface area contributed by atoms with Crippen LogP contribution in [-0.4, -0.2) is 235 Å². The number of alkyl carbamates (subject to hydrolysis) is 2. The molecule has 125 heavy (non-hydrogen) atoms. The number of hydrogen-bond acceptors (Lipinski definition) is 26. The number of carbonyl (C=O) groups is 8. The molecule has 4 aromatic heterocycles. The minimum absolute atomic E-state index is 0.0262. The topological polar surface area (TPSA) is 455 Å². The van der Waals surface area contributed by atoms with Crippen LogP contribution in [0.3, 0.4) is 0 Å². The zero-order valence-electron chi connectivity index (χ0n) is 72.9. The minimum Gasteiger partial charge on any atom is -0.496 e. The first-order chi connectivity index (χ1) is 59.5. The number of nitrogens with zero attached hydrogens (tertiary/aromatic N) is 8. The number of rotatable bonds is 21. The van der Waals surface area contributed by atoms with Crippen molar-refractivity contribution in [3.05, 3.63) is 82.6 Å². The van der Waals surface area contributed by atoms with E-state index in [0.717, 1.165) is 119 Å². The fourth-order valence-electron chi connectivity index (χ4n) is 16.7. The molecule has 8 heterocycles. The first-order valence-electron chi connectivity index (χ1n) is 42.9. The number of methoxy groups -OCH3 is 2. The molecule has 39 heteroatoms. The van der Waals surface area contributed by atoms with Crippen molar-refractivity contribution in [2.45, 2.75) is 255 Å². The predicted molar refractivity (Wildman–Crippen MR) is 474 cm³/mol. The van der Waals surface area contributed by atoms with Gasteiger partial charge in [-0.1, -0.05) is 50.0 Å². The number of nitrogens with one attached hydrogen (secondary N) is 7. The predicted octanol–water partition coefficient (Wildman–Crippen LogP) is 10.3. The zero-order chi connectivity index (χ0) is 90.0. The summed E-state index contributed by atoms with van der Waals surface area (Å²) in [5.41, 5.74) is 2.29. The number of aromatic nitrogens is 4. The summed E-state index contributed by atoms with van der Waals surface area (Å²) in [7, 11) is 0.935. The number of carboxylic acids is 1. The smallest absolute Gasteiger partial charge is 0.408 e. The second-order valence-corrected chi connectivity index (χ2v) is 39.6. The molecule has 4 aliphatic heterocycles. The lowest BCUT2D eigenvalue weighted by atomic mass is 10.0. The first-order valence-corrected chi connectivity index (χ1v) is 47.6. The molecular weight excluding hydrogens is 1690 g/mol. The number of aryl methyl sites for hydroxylation is 2. The zero-order valence-corrected chi connectivity index (χ0v) is 76.2. The highest BCUT2D eigenvalue weighted by molar-refractivity contribution is 7.87. The van der Waals surface area contributed by atoms with E-state index in [1.165, 1.54) is 60.7 Å². The van der Waals surface area contributed by atoms with Gasteiger partial charge in [-0.3, -0.25) is 24.0 Å². The fraction of sp³-hybridized carbons (Fsp3) is 0.581. The molecule has 6 aromatic rings. The fourth-order valence-corrected chi connectivity index (χ4v) is 19.0. The van der Waals surface area contributed by atoms with Gasteiger partial charge >= 0.3 is 28.4 Å². The van der Waals surface area contributed by atoms with Crippen molar-refractivity contribution in [3.63, 3.8) is 0 Å². The van der Waals surface area contributed by atoms with Gasteiger partial charge in [-0.05, 0) is 169 Å². The van der Waals surface area contributed by atoms with E-state index < -0.39 is 121 Å². The number of thiazole rings is 2. The van der Waals surface area contributed by atoms with Crippen LogP contribution in [0.2, 0.25) is 0 Å². The summed E-state index contributed by atoms with van der Waals surface area (Å²) in [5.74, 6) is -2.70. The third kappa shape index (κ3) is 23.0. The molecule has 10 atom stereocenters. The van der Waals surface area contributed by atoms with E-state index in [1.54, 1.807) is 20.3 Å². The first kappa shape index (κ1) is 94.1. The van der Waals surface area contributed by atoms with Gasteiger partial charge in [0.1, 0.15) is 94.0 Å². The molecule has 10 N–H and O–H groups in total. The number of pyridine rings is 2. The van der Waals surface area contributed by atoms with Crippen molar-refractivity contribution >= 4 is 123 Å². The Hall–Kier alpha value is -10.1. The van der Waals surface area contributed by atoms with E-state index in [4.69, 9.17) is 48.4 Å². The van der Waals surface area contributed by atoms with E-state index in [2.05, 4.69) is 41.8 Å². The minimum atomic E-state index is -4.19. The quantitative estimate of drug-likeness (QED) is 0.0302. The van der Waals surface area contributed by atoms with E-state index in [9.17, 15) is 60.3 Å². The molecule has 0 bridgehead atoms. The number of fused-ring (bicyclic) bond motifs is 6. The number of anilines is 2. The van der Waals surface area contributed by atoms with Crippen LogP contribution in [0.4, 0.5) is 19.9 Å². The lowest BCUT2D eigenvalue weighted by Crippen LogP contribution is -2.58. The van der Waals surface area contributed by atoms with Crippen molar-refractivity contribution in [1.29, 1.82) is 0 Å². The lowest BCUT2D eigenvalue weighted by molar-refractivity contribution is -0.145. The van der Waals surface area contributed by atoms with Gasteiger partial charge in [-0.2, -0.15) is 25.4 Å². The van der Waals surface area contributed by atoms with Gasteiger partial charge in [-0.15, -0.1) is 22.7 Å². The third-order valence-electron chi connectivity index (χ3n) is 23.9. The van der Waals surface area contributed by atoms with Gasteiger partial charge in [0, 0.05) is 110 Å². The molecule has 35 nitrogen and oxygen atoms in total. The monoisotopic (exact) mass is 1810 g/mol. The van der Waals surface area contributed by atoms with E-state index in [1.807, 2.05) is 107 Å². The van der Waals surface area contributed by atoms with Crippen molar-refractivity contribution < 1.29 is 88.7 Å². The van der Waals surface area contributed by atoms with Crippen molar-refractivity contribution in [2.24, 2.45) is 17.0 Å². The molecule has 2 saturated heterocycles. The summed E-state index contributed by atoms with van der Waals surface area (Å²) in [6.07, 6.45) is 18.6. The number of amides is 7. The Morgan fingerprint density at radius 2 is 0.952 bits per heavy atom. The molecule has 0 radical (unpaired) electrons. The summed E-state index contributed by atoms with van der Waals surface area (Å²) < 4.78 is 86.0. The van der Waals surface area contributed by atoms with Crippen LogP contribution >= 0.6 is 22.7 Å². The Bertz CT molecular complexity index is 5250. The maximum Gasteiger partial charge on any atom is 0.408 e. The lowest BCUT2D eigenvalue weighted by Gasteiger charge is -2.30.